The van der Waals surface area contributed by atoms with Gasteiger partial charge in [-0.05, 0) is 17.7 Å². The summed E-state index contributed by atoms with van der Waals surface area (Å²) >= 11 is 7.69. The number of carbonyl (C=O) groups is 1. The first kappa shape index (κ1) is 19.7. The van der Waals surface area contributed by atoms with Crippen LogP contribution in [0.3, 0.4) is 0 Å². The van der Waals surface area contributed by atoms with Gasteiger partial charge in [0.05, 0.1) is 17.2 Å². The third kappa shape index (κ3) is 5.72. The summed E-state index contributed by atoms with van der Waals surface area (Å²) in [6, 6.07) is 7.54. The largest absolute Gasteiger partial charge is 0.337 e. The lowest BCUT2D eigenvalue weighted by Crippen LogP contribution is -2.42. The molecule has 2 aromatic rings. The van der Waals surface area contributed by atoms with Crippen molar-refractivity contribution in [1.82, 2.24) is 15.6 Å². The Morgan fingerprint density at radius 1 is 1.20 bits per heavy atom. The molecule has 2 N–H and O–H groups in total. The molecule has 0 aliphatic rings. The summed E-state index contributed by atoms with van der Waals surface area (Å²) in [6.45, 7) is 11.5. The van der Waals surface area contributed by atoms with E-state index in [0.717, 1.165) is 16.3 Å². The molecule has 2 rings (SSSR count). The Hall–Kier alpha value is -1.59. The number of amides is 2. The quantitative estimate of drug-likeness (QED) is 0.778. The van der Waals surface area contributed by atoms with Gasteiger partial charge < -0.3 is 10.6 Å². The highest BCUT2D eigenvalue weighted by molar-refractivity contribution is 7.09. The number of halogens is 1. The van der Waals surface area contributed by atoms with Crippen LogP contribution in [0.4, 0.5) is 4.79 Å². The van der Waals surface area contributed by atoms with Crippen LogP contribution in [0.1, 0.15) is 50.9 Å². The molecule has 4 nitrogen and oxygen atoms in total. The second kappa shape index (κ2) is 7.75. The lowest BCUT2D eigenvalue weighted by atomic mass is 9.85. The van der Waals surface area contributed by atoms with Gasteiger partial charge in [-0.2, -0.15) is 0 Å². The number of carbonyl (C=O) groups excluding carboxylic acids is 1. The molecule has 25 heavy (non-hydrogen) atoms. The molecule has 0 fully saturated rings. The Labute approximate surface area is 159 Å². The van der Waals surface area contributed by atoms with E-state index in [0.29, 0.717) is 18.1 Å². The minimum Gasteiger partial charge on any atom is -0.337 e. The molecule has 2 amide bonds. The standard InChI is InChI=1S/C19H26ClN3OS/c1-18(2,3)16-23-15(11-25-16)10-21-17(24)22-12-19(4,5)13-7-6-8-14(20)9-13/h6-9,11H,10,12H2,1-5H3,(H2,21,22,24). The zero-order valence-electron chi connectivity index (χ0n) is 15.4. The van der Waals surface area contributed by atoms with Crippen LogP contribution in [0.15, 0.2) is 29.6 Å². The number of benzene rings is 1. The van der Waals surface area contributed by atoms with E-state index in [1.807, 2.05) is 29.6 Å². The molecule has 1 aromatic carbocycles. The lowest BCUT2D eigenvalue weighted by Gasteiger charge is -2.26. The fraction of sp³-hybridized carbons (Fsp3) is 0.474. The number of rotatable bonds is 5. The van der Waals surface area contributed by atoms with Crippen molar-refractivity contribution in [2.75, 3.05) is 6.54 Å². The van der Waals surface area contributed by atoms with Crippen LogP contribution >= 0.6 is 22.9 Å². The first-order chi connectivity index (χ1) is 11.6. The van der Waals surface area contributed by atoms with Crippen LogP contribution in [0.5, 0.6) is 0 Å². The third-order valence-electron chi connectivity index (χ3n) is 3.92. The third-order valence-corrected chi connectivity index (χ3v) is 5.47. The summed E-state index contributed by atoms with van der Waals surface area (Å²) in [5.41, 5.74) is 1.81. The minimum absolute atomic E-state index is 0.0339. The molecule has 0 radical (unpaired) electrons. The van der Waals surface area contributed by atoms with Gasteiger partial charge in [0.25, 0.3) is 0 Å². The SMILES string of the molecule is CC(C)(C)c1nc(CNC(=O)NCC(C)(C)c2cccc(Cl)c2)cs1. The van der Waals surface area contributed by atoms with Crippen LogP contribution in [-0.2, 0) is 17.4 Å². The summed E-state index contributed by atoms with van der Waals surface area (Å²) < 4.78 is 0. The van der Waals surface area contributed by atoms with E-state index >= 15 is 0 Å². The molecule has 0 aliphatic heterocycles. The van der Waals surface area contributed by atoms with Crippen LogP contribution in [-0.4, -0.2) is 17.6 Å². The zero-order chi connectivity index (χ0) is 18.7. The second-order valence-corrected chi connectivity index (χ2v) is 9.12. The molecule has 0 unspecified atom stereocenters. The molecule has 0 aliphatic carbocycles. The molecule has 1 aromatic heterocycles. The maximum atomic E-state index is 12.1. The van der Waals surface area contributed by atoms with Gasteiger partial charge in [0.1, 0.15) is 0 Å². The summed E-state index contributed by atoms with van der Waals surface area (Å²) in [5, 5.41) is 9.57. The van der Waals surface area contributed by atoms with Crippen molar-refractivity contribution in [3.63, 3.8) is 0 Å². The average Bonchev–Trinajstić information content (AvgIpc) is 3.00. The van der Waals surface area contributed by atoms with Crippen molar-refractivity contribution in [1.29, 1.82) is 0 Å². The van der Waals surface area contributed by atoms with E-state index in [-0.39, 0.29) is 16.9 Å². The van der Waals surface area contributed by atoms with E-state index in [4.69, 9.17) is 11.6 Å². The molecule has 0 atom stereocenters. The van der Waals surface area contributed by atoms with Crippen molar-refractivity contribution >= 4 is 29.0 Å². The van der Waals surface area contributed by atoms with Gasteiger partial charge in [-0.3, -0.25) is 0 Å². The highest BCUT2D eigenvalue weighted by Gasteiger charge is 2.22. The molecular weight excluding hydrogens is 354 g/mol. The molecule has 0 saturated carbocycles. The van der Waals surface area contributed by atoms with Gasteiger partial charge >= 0.3 is 6.03 Å². The number of aromatic nitrogens is 1. The van der Waals surface area contributed by atoms with Gasteiger partial charge in [0.15, 0.2) is 0 Å². The highest BCUT2D eigenvalue weighted by Crippen LogP contribution is 2.26. The van der Waals surface area contributed by atoms with E-state index in [1.165, 1.54) is 0 Å². The summed E-state index contributed by atoms with van der Waals surface area (Å²) in [4.78, 5) is 16.7. The Kier molecular flexibility index (Phi) is 6.12. The van der Waals surface area contributed by atoms with Crippen molar-refractivity contribution in [2.24, 2.45) is 0 Å². The topological polar surface area (TPSA) is 54.0 Å². The van der Waals surface area contributed by atoms with E-state index in [1.54, 1.807) is 11.3 Å². The van der Waals surface area contributed by atoms with Crippen LogP contribution < -0.4 is 10.6 Å². The van der Waals surface area contributed by atoms with Crippen molar-refractivity contribution in [3.8, 4) is 0 Å². The predicted molar refractivity (Wildman–Crippen MR) is 106 cm³/mol. The van der Waals surface area contributed by atoms with Gasteiger partial charge in [-0.1, -0.05) is 58.4 Å². The molecular formula is C19H26ClN3OS. The smallest absolute Gasteiger partial charge is 0.315 e. The number of hydrogen-bond acceptors (Lipinski definition) is 3. The zero-order valence-corrected chi connectivity index (χ0v) is 17.0. The monoisotopic (exact) mass is 379 g/mol. The number of nitrogens with zero attached hydrogens (tertiary/aromatic N) is 1. The predicted octanol–water partition coefficient (Wildman–Crippen LogP) is 4.87. The highest BCUT2D eigenvalue weighted by atomic mass is 35.5. The number of urea groups is 1. The van der Waals surface area contributed by atoms with E-state index < -0.39 is 0 Å². The number of thiazole rings is 1. The van der Waals surface area contributed by atoms with Gasteiger partial charge in [0, 0.05) is 27.8 Å². The first-order valence-electron chi connectivity index (χ1n) is 8.30. The van der Waals surface area contributed by atoms with Crippen LogP contribution in [0.2, 0.25) is 5.02 Å². The van der Waals surface area contributed by atoms with E-state index in [2.05, 4.69) is 50.2 Å². The van der Waals surface area contributed by atoms with Gasteiger partial charge in [-0.25, -0.2) is 9.78 Å². The molecule has 136 valence electrons. The Balaban J connectivity index is 1.85. The Morgan fingerprint density at radius 2 is 1.92 bits per heavy atom. The molecule has 0 bridgehead atoms. The number of hydrogen-bond donors (Lipinski definition) is 2. The Bertz CT molecular complexity index is 734. The van der Waals surface area contributed by atoms with Gasteiger partial charge in [-0.15, -0.1) is 11.3 Å². The Morgan fingerprint density at radius 3 is 2.52 bits per heavy atom. The van der Waals surface area contributed by atoms with Gasteiger partial charge in [0.2, 0.25) is 0 Å². The average molecular weight is 380 g/mol. The molecule has 6 heteroatoms. The molecule has 0 saturated heterocycles. The van der Waals surface area contributed by atoms with Crippen molar-refractivity contribution in [3.05, 3.63) is 50.9 Å². The lowest BCUT2D eigenvalue weighted by molar-refractivity contribution is 0.238. The van der Waals surface area contributed by atoms with Crippen LogP contribution in [0.25, 0.3) is 0 Å². The minimum atomic E-state index is -0.206. The fourth-order valence-electron chi connectivity index (χ4n) is 2.28. The van der Waals surface area contributed by atoms with Crippen LogP contribution in [0, 0.1) is 0 Å². The summed E-state index contributed by atoms with van der Waals surface area (Å²) in [6.07, 6.45) is 0. The van der Waals surface area contributed by atoms with Crippen molar-refractivity contribution < 1.29 is 4.79 Å². The van der Waals surface area contributed by atoms with Crippen molar-refractivity contribution in [2.45, 2.75) is 52.0 Å². The maximum absolute atomic E-state index is 12.1. The summed E-state index contributed by atoms with van der Waals surface area (Å²) in [7, 11) is 0. The maximum Gasteiger partial charge on any atom is 0.315 e. The normalized spacial score (nSPS) is 12.1. The van der Waals surface area contributed by atoms with E-state index in [9.17, 15) is 4.79 Å². The second-order valence-electron chi connectivity index (χ2n) is 7.82. The number of nitrogens with one attached hydrogen (secondary N) is 2. The molecule has 1 heterocycles. The first-order valence-corrected chi connectivity index (χ1v) is 9.56. The summed E-state index contributed by atoms with van der Waals surface area (Å²) in [5.74, 6) is 0. The molecule has 0 spiro atoms. The fourth-order valence-corrected chi connectivity index (χ4v) is 3.38.